The summed E-state index contributed by atoms with van der Waals surface area (Å²) in [5.41, 5.74) is 5.60. The lowest BCUT2D eigenvalue weighted by atomic mass is 9.71. The highest BCUT2D eigenvalue weighted by atomic mass is 16.1. The van der Waals surface area contributed by atoms with Gasteiger partial charge < -0.3 is 11.1 Å². The first-order valence-corrected chi connectivity index (χ1v) is 6.56. The first-order chi connectivity index (χ1) is 7.58. The van der Waals surface area contributed by atoms with Crippen molar-refractivity contribution in [2.75, 3.05) is 13.1 Å². The number of nitrogens with one attached hydrogen (secondary N) is 1. The molecule has 102 valence electrons. The zero-order valence-electron chi connectivity index (χ0n) is 12.4. The van der Waals surface area contributed by atoms with E-state index >= 15 is 0 Å². The molecule has 0 fully saturated rings. The molecule has 0 aromatic heterocycles. The molecule has 0 radical (unpaired) electrons. The van der Waals surface area contributed by atoms with Crippen LogP contribution in [0.2, 0.25) is 0 Å². The summed E-state index contributed by atoms with van der Waals surface area (Å²) in [5, 5.41) is 2.99. The lowest BCUT2D eigenvalue weighted by Crippen LogP contribution is -2.40. The van der Waals surface area contributed by atoms with Crippen molar-refractivity contribution in [3.05, 3.63) is 0 Å². The van der Waals surface area contributed by atoms with Gasteiger partial charge in [0.25, 0.3) is 0 Å². The van der Waals surface area contributed by atoms with Gasteiger partial charge in [-0.05, 0) is 30.2 Å². The molecule has 0 spiro atoms. The van der Waals surface area contributed by atoms with E-state index in [1.807, 2.05) is 0 Å². The second-order valence-corrected chi connectivity index (χ2v) is 7.12. The van der Waals surface area contributed by atoms with Crippen molar-refractivity contribution in [3.8, 4) is 0 Å². The molecule has 0 aromatic rings. The smallest absolute Gasteiger partial charge is 0.223 e. The van der Waals surface area contributed by atoms with E-state index in [-0.39, 0.29) is 22.7 Å². The average Bonchev–Trinajstić information content (AvgIpc) is 2.11. The molecule has 1 atom stereocenters. The highest BCUT2D eigenvalue weighted by molar-refractivity contribution is 5.79. The minimum atomic E-state index is 0.0000774. The summed E-state index contributed by atoms with van der Waals surface area (Å²) in [6.07, 6.45) is 1.75. The largest absolute Gasteiger partial charge is 0.356 e. The minimum Gasteiger partial charge on any atom is -0.356 e. The molecule has 0 heterocycles. The third kappa shape index (κ3) is 7.37. The normalized spacial score (nSPS) is 14.5. The van der Waals surface area contributed by atoms with Gasteiger partial charge in [0.15, 0.2) is 0 Å². The molecule has 17 heavy (non-hydrogen) atoms. The highest BCUT2D eigenvalue weighted by Crippen LogP contribution is 2.35. The van der Waals surface area contributed by atoms with Gasteiger partial charge in [0.05, 0.1) is 0 Å². The molecule has 0 saturated carbocycles. The van der Waals surface area contributed by atoms with E-state index in [9.17, 15) is 4.79 Å². The molecule has 1 unspecified atom stereocenters. The predicted octanol–water partition coefficient (Wildman–Crippen LogP) is 2.55. The van der Waals surface area contributed by atoms with Crippen molar-refractivity contribution in [1.29, 1.82) is 0 Å². The molecule has 0 aliphatic rings. The number of carbonyl (C=O) groups is 1. The Morgan fingerprint density at radius 2 is 1.71 bits per heavy atom. The topological polar surface area (TPSA) is 55.1 Å². The molecule has 0 rings (SSSR count). The third-order valence-electron chi connectivity index (χ3n) is 2.86. The van der Waals surface area contributed by atoms with Crippen LogP contribution < -0.4 is 11.1 Å². The average molecular weight is 242 g/mol. The summed E-state index contributed by atoms with van der Waals surface area (Å²) in [4.78, 5) is 12.2. The van der Waals surface area contributed by atoms with Gasteiger partial charge in [0, 0.05) is 12.5 Å². The Labute approximate surface area is 107 Å². The Hall–Kier alpha value is -0.570. The second-order valence-electron chi connectivity index (χ2n) is 7.12. The maximum Gasteiger partial charge on any atom is 0.223 e. The van der Waals surface area contributed by atoms with Crippen LogP contribution in [0.5, 0.6) is 0 Å². The van der Waals surface area contributed by atoms with Gasteiger partial charge >= 0.3 is 0 Å². The van der Waals surface area contributed by atoms with Gasteiger partial charge in [-0.2, -0.15) is 0 Å². The molecule has 3 N–H and O–H groups in total. The Morgan fingerprint density at radius 3 is 2.06 bits per heavy atom. The van der Waals surface area contributed by atoms with E-state index in [4.69, 9.17) is 5.73 Å². The second kappa shape index (κ2) is 6.39. The van der Waals surface area contributed by atoms with Crippen LogP contribution >= 0.6 is 0 Å². The van der Waals surface area contributed by atoms with Crippen LogP contribution in [0.3, 0.4) is 0 Å². The Balaban J connectivity index is 4.54. The number of amides is 1. The fourth-order valence-electron chi connectivity index (χ4n) is 1.84. The summed E-state index contributed by atoms with van der Waals surface area (Å²) >= 11 is 0. The fraction of sp³-hybridized carbons (Fsp3) is 0.929. The standard InChI is InChI=1S/C14H30N2O/c1-13(2,3)10-11(14(4,5)6)12(17)16-9-7-8-15/h11H,7-10,15H2,1-6H3,(H,16,17). The molecule has 3 heteroatoms. The van der Waals surface area contributed by atoms with Crippen LogP contribution in [0.15, 0.2) is 0 Å². The number of hydrogen-bond acceptors (Lipinski definition) is 2. The highest BCUT2D eigenvalue weighted by Gasteiger charge is 2.34. The zero-order valence-corrected chi connectivity index (χ0v) is 12.4. The first-order valence-electron chi connectivity index (χ1n) is 6.56. The van der Waals surface area contributed by atoms with Gasteiger partial charge in [0.1, 0.15) is 0 Å². The molecule has 0 saturated heterocycles. The summed E-state index contributed by atoms with van der Waals surface area (Å²) in [6.45, 7) is 14.2. The van der Waals surface area contributed by atoms with Crippen LogP contribution in [-0.4, -0.2) is 19.0 Å². The predicted molar refractivity (Wildman–Crippen MR) is 73.7 cm³/mol. The van der Waals surface area contributed by atoms with Crippen molar-refractivity contribution in [2.24, 2.45) is 22.5 Å². The lowest BCUT2D eigenvalue weighted by Gasteiger charge is -2.34. The molecule has 1 amide bonds. The molecule has 0 aliphatic heterocycles. The number of carbonyl (C=O) groups excluding carboxylic acids is 1. The molecular weight excluding hydrogens is 212 g/mol. The number of hydrogen-bond donors (Lipinski definition) is 2. The van der Waals surface area contributed by atoms with Gasteiger partial charge in [-0.1, -0.05) is 41.5 Å². The fourth-order valence-corrected chi connectivity index (χ4v) is 1.84. The van der Waals surface area contributed by atoms with E-state index in [0.717, 1.165) is 12.8 Å². The minimum absolute atomic E-state index is 0.0000774. The van der Waals surface area contributed by atoms with Crippen LogP contribution in [0.25, 0.3) is 0 Å². The Morgan fingerprint density at radius 1 is 1.18 bits per heavy atom. The summed E-state index contributed by atoms with van der Waals surface area (Å²) in [5.74, 6) is 0.223. The lowest BCUT2D eigenvalue weighted by molar-refractivity contribution is -0.129. The van der Waals surface area contributed by atoms with Crippen LogP contribution in [0, 0.1) is 16.7 Å². The van der Waals surface area contributed by atoms with E-state index < -0.39 is 0 Å². The molecule has 0 aliphatic carbocycles. The first kappa shape index (κ1) is 16.4. The van der Waals surface area contributed by atoms with Gasteiger partial charge in [0.2, 0.25) is 5.91 Å². The van der Waals surface area contributed by atoms with Crippen molar-refractivity contribution in [1.82, 2.24) is 5.32 Å². The third-order valence-corrected chi connectivity index (χ3v) is 2.86. The Bertz CT molecular complexity index is 236. The SMILES string of the molecule is CC(C)(C)CC(C(=O)NCCCN)C(C)(C)C. The van der Waals surface area contributed by atoms with E-state index in [1.54, 1.807) is 0 Å². The van der Waals surface area contributed by atoms with Crippen molar-refractivity contribution in [2.45, 2.75) is 54.4 Å². The number of rotatable bonds is 5. The van der Waals surface area contributed by atoms with Crippen molar-refractivity contribution >= 4 is 5.91 Å². The molecule has 0 bridgehead atoms. The van der Waals surface area contributed by atoms with Gasteiger partial charge in [-0.15, -0.1) is 0 Å². The maximum atomic E-state index is 12.2. The quantitative estimate of drug-likeness (QED) is 0.728. The van der Waals surface area contributed by atoms with Gasteiger partial charge in [-0.25, -0.2) is 0 Å². The summed E-state index contributed by atoms with van der Waals surface area (Å²) in [6, 6.07) is 0. The van der Waals surface area contributed by atoms with Crippen LogP contribution in [0.4, 0.5) is 0 Å². The van der Waals surface area contributed by atoms with Crippen LogP contribution in [0.1, 0.15) is 54.4 Å². The van der Waals surface area contributed by atoms with E-state index in [0.29, 0.717) is 13.1 Å². The monoisotopic (exact) mass is 242 g/mol. The van der Waals surface area contributed by atoms with Crippen LogP contribution in [-0.2, 0) is 4.79 Å². The summed E-state index contributed by atoms with van der Waals surface area (Å²) < 4.78 is 0. The molecule has 3 nitrogen and oxygen atoms in total. The molecular formula is C14H30N2O. The van der Waals surface area contributed by atoms with Crippen molar-refractivity contribution < 1.29 is 4.79 Å². The van der Waals surface area contributed by atoms with E-state index in [1.165, 1.54) is 0 Å². The Kier molecular flexibility index (Phi) is 6.17. The maximum absolute atomic E-state index is 12.2. The molecule has 0 aromatic carbocycles. The van der Waals surface area contributed by atoms with E-state index in [2.05, 4.69) is 46.9 Å². The van der Waals surface area contributed by atoms with Gasteiger partial charge in [-0.3, -0.25) is 4.79 Å². The van der Waals surface area contributed by atoms with Crippen molar-refractivity contribution in [3.63, 3.8) is 0 Å². The summed E-state index contributed by atoms with van der Waals surface area (Å²) in [7, 11) is 0. The zero-order chi connectivity index (χ0) is 13.7. The number of nitrogens with two attached hydrogens (primary N) is 1.